The molecule has 1 aromatic carbocycles. The van der Waals surface area contributed by atoms with Crippen LogP contribution in [0.4, 0.5) is 11.8 Å². The number of furan rings is 1. The van der Waals surface area contributed by atoms with Crippen molar-refractivity contribution in [3.8, 4) is 11.3 Å². The number of carboxylic acid groups (broad SMARTS) is 1. The zero-order valence-corrected chi connectivity index (χ0v) is 11.3. The molecule has 2 heterocycles. The maximum atomic E-state index is 11.5. The quantitative estimate of drug-likeness (QED) is 0.663. The molecule has 0 radical (unpaired) electrons. The number of anilines is 2. The van der Waals surface area contributed by atoms with E-state index in [0.29, 0.717) is 10.6 Å². The van der Waals surface area contributed by atoms with Crippen molar-refractivity contribution in [1.29, 1.82) is 0 Å². The lowest BCUT2D eigenvalue weighted by atomic mass is 10.1. The Kier molecular flexibility index (Phi) is 2.91. The maximum absolute atomic E-state index is 11.5. The first-order valence-electron chi connectivity index (χ1n) is 5.82. The maximum Gasteiger partial charge on any atom is 0.340 e. The van der Waals surface area contributed by atoms with Crippen LogP contribution in [0.5, 0.6) is 0 Å². The number of fused-ring (bicyclic) bond motifs is 1. The van der Waals surface area contributed by atoms with E-state index in [1.165, 1.54) is 0 Å². The molecule has 0 aliphatic rings. The van der Waals surface area contributed by atoms with Gasteiger partial charge in [0.15, 0.2) is 5.76 Å². The first-order chi connectivity index (χ1) is 9.97. The minimum absolute atomic E-state index is 0.0300. The van der Waals surface area contributed by atoms with E-state index in [-0.39, 0.29) is 34.2 Å². The van der Waals surface area contributed by atoms with E-state index >= 15 is 0 Å². The molecule has 0 unspecified atom stereocenters. The Morgan fingerprint density at radius 1 is 1.19 bits per heavy atom. The molecule has 0 spiro atoms. The minimum atomic E-state index is -1.20. The fourth-order valence-electron chi connectivity index (χ4n) is 2.05. The average molecular weight is 305 g/mol. The van der Waals surface area contributed by atoms with Gasteiger partial charge in [0.2, 0.25) is 11.7 Å². The molecule has 3 rings (SSSR count). The molecule has 0 atom stereocenters. The Labute approximate surface area is 123 Å². The fraction of sp³-hybridized carbons (Fsp3) is 0. The van der Waals surface area contributed by atoms with E-state index in [9.17, 15) is 9.90 Å². The number of aromatic nitrogens is 2. The molecule has 0 bridgehead atoms. The van der Waals surface area contributed by atoms with Gasteiger partial charge in [-0.1, -0.05) is 11.6 Å². The number of rotatable bonds is 2. The van der Waals surface area contributed by atoms with Gasteiger partial charge >= 0.3 is 5.97 Å². The normalized spacial score (nSPS) is 10.9. The van der Waals surface area contributed by atoms with Gasteiger partial charge in [-0.25, -0.2) is 4.79 Å². The van der Waals surface area contributed by atoms with Crippen LogP contribution < -0.4 is 11.5 Å². The van der Waals surface area contributed by atoms with Gasteiger partial charge in [0, 0.05) is 10.6 Å². The summed E-state index contributed by atoms with van der Waals surface area (Å²) in [5.74, 6) is -1.20. The van der Waals surface area contributed by atoms with Crippen molar-refractivity contribution in [3.63, 3.8) is 0 Å². The third-order valence-electron chi connectivity index (χ3n) is 2.92. The smallest absolute Gasteiger partial charge is 0.340 e. The molecule has 21 heavy (non-hydrogen) atoms. The summed E-state index contributed by atoms with van der Waals surface area (Å²) in [6.45, 7) is 0. The number of carboxylic acids is 1. The molecule has 0 saturated carbocycles. The summed E-state index contributed by atoms with van der Waals surface area (Å²) in [5, 5.41) is 10.1. The topological polar surface area (TPSA) is 128 Å². The second-order valence-electron chi connectivity index (χ2n) is 4.27. The molecule has 2 aromatic heterocycles. The van der Waals surface area contributed by atoms with Crippen LogP contribution in [0.1, 0.15) is 10.4 Å². The zero-order valence-electron chi connectivity index (χ0n) is 10.5. The predicted octanol–water partition coefficient (Wildman–Crippen LogP) is 2.41. The van der Waals surface area contributed by atoms with Crippen molar-refractivity contribution in [2.45, 2.75) is 0 Å². The minimum Gasteiger partial charge on any atom is -0.478 e. The van der Waals surface area contributed by atoms with Gasteiger partial charge in [-0.05, 0) is 24.3 Å². The van der Waals surface area contributed by atoms with E-state index in [4.69, 9.17) is 27.5 Å². The number of nitrogen functional groups attached to an aromatic ring is 2. The van der Waals surface area contributed by atoms with E-state index in [0.717, 1.165) is 0 Å². The van der Waals surface area contributed by atoms with Crippen molar-refractivity contribution < 1.29 is 14.3 Å². The molecule has 3 aromatic rings. The number of hydrogen-bond donors (Lipinski definition) is 3. The lowest BCUT2D eigenvalue weighted by molar-refractivity contribution is 0.0699. The Morgan fingerprint density at radius 2 is 1.86 bits per heavy atom. The van der Waals surface area contributed by atoms with Crippen LogP contribution in [0.15, 0.2) is 28.7 Å². The van der Waals surface area contributed by atoms with Gasteiger partial charge < -0.3 is 21.0 Å². The van der Waals surface area contributed by atoms with Crippen LogP contribution >= 0.6 is 11.6 Å². The van der Waals surface area contributed by atoms with E-state index in [1.54, 1.807) is 24.3 Å². The van der Waals surface area contributed by atoms with Crippen molar-refractivity contribution in [2.24, 2.45) is 0 Å². The van der Waals surface area contributed by atoms with Crippen LogP contribution in [0.3, 0.4) is 0 Å². The number of hydrogen-bond acceptors (Lipinski definition) is 6. The highest BCUT2D eigenvalue weighted by atomic mass is 35.5. The molecule has 5 N–H and O–H groups in total. The highest BCUT2D eigenvalue weighted by Gasteiger charge is 2.25. The molecule has 0 aliphatic carbocycles. The van der Waals surface area contributed by atoms with Crippen LogP contribution in [0.2, 0.25) is 5.02 Å². The van der Waals surface area contributed by atoms with Crippen molar-refractivity contribution in [2.75, 3.05) is 11.5 Å². The molecular weight excluding hydrogens is 296 g/mol. The van der Waals surface area contributed by atoms with E-state index in [1.807, 2.05) is 0 Å². The number of aromatic carboxylic acids is 1. The summed E-state index contributed by atoms with van der Waals surface area (Å²) in [6, 6.07) is 6.52. The summed E-state index contributed by atoms with van der Waals surface area (Å²) in [6.07, 6.45) is 0. The Bertz CT molecular complexity index is 858. The largest absolute Gasteiger partial charge is 0.478 e. The third-order valence-corrected chi connectivity index (χ3v) is 3.17. The van der Waals surface area contributed by atoms with Gasteiger partial charge in [0.05, 0.1) is 5.39 Å². The predicted molar refractivity (Wildman–Crippen MR) is 78.0 cm³/mol. The molecule has 0 fully saturated rings. The summed E-state index contributed by atoms with van der Waals surface area (Å²) >= 11 is 5.82. The zero-order chi connectivity index (χ0) is 15.1. The second-order valence-corrected chi connectivity index (χ2v) is 4.70. The third kappa shape index (κ3) is 2.13. The van der Waals surface area contributed by atoms with Gasteiger partial charge in [-0.15, -0.1) is 0 Å². The SMILES string of the molecule is Nc1nc(N)c2c(C(=O)O)c(-c3ccc(Cl)cc3)oc2n1. The number of nitrogens with zero attached hydrogens (tertiary/aromatic N) is 2. The summed E-state index contributed by atoms with van der Waals surface area (Å²) in [5.41, 5.74) is 11.7. The Hall–Kier alpha value is -2.80. The summed E-state index contributed by atoms with van der Waals surface area (Å²) in [4.78, 5) is 19.2. The molecule has 8 heteroatoms. The molecule has 0 amide bonds. The number of benzene rings is 1. The highest BCUT2D eigenvalue weighted by molar-refractivity contribution is 6.30. The van der Waals surface area contributed by atoms with Crippen molar-refractivity contribution in [1.82, 2.24) is 9.97 Å². The first kappa shape index (κ1) is 13.2. The Balaban J connectivity index is 2.37. The van der Waals surface area contributed by atoms with Gasteiger partial charge in [0.1, 0.15) is 11.4 Å². The molecule has 106 valence electrons. The molecule has 7 nitrogen and oxygen atoms in total. The van der Waals surface area contributed by atoms with Crippen LogP contribution in [-0.4, -0.2) is 21.0 Å². The Morgan fingerprint density at radius 3 is 2.48 bits per heavy atom. The van der Waals surface area contributed by atoms with Gasteiger partial charge in [-0.3, -0.25) is 0 Å². The number of nitrogens with two attached hydrogens (primary N) is 2. The summed E-state index contributed by atoms with van der Waals surface area (Å²) in [7, 11) is 0. The number of carbonyl (C=O) groups is 1. The van der Waals surface area contributed by atoms with Crippen molar-refractivity contribution in [3.05, 3.63) is 34.9 Å². The lowest BCUT2D eigenvalue weighted by Crippen LogP contribution is -2.03. The highest BCUT2D eigenvalue weighted by Crippen LogP contribution is 2.35. The first-order valence-corrected chi connectivity index (χ1v) is 6.20. The monoisotopic (exact) mass is 304 g/mol. The van der Waals surface area contributed by atoms with E-state index in [2.05, 4.69) is 9.97 Å². The van der Waals surface area contributed by atoms with Gasteiger partial charge in [-0.2, -0.15) is 9.97 Å². The van der Waals surface area contributed by atoms with Crippen LogP contribution in [0.25, 0.3) is 22.4 Å². The van der Waals surface area contributed by atoms with Gasteiger partial charge in [0.25, 0.3) is 0 Å². The van der Waals surface area contributed by atoms with Crippen LogP contribution in [0, 0.1) is 0 Å². The molecule has 0 saturated heterocycles. The molecule has 0 aliphatic heterocycles. The number of halogens is 1. The second kappa shape index (κ2) is 4.64. The van der Waals surface area contributed by atoms with Crippen molar-refractivity contribution >= 4 is 40.4 Å². The average Bonchev–Trinajstić information content (AvgIpc) is 2.79. The van der Waals surface area contributed by atoms with E-state index < -0.39 is 5.97 Å². The lowest BCUT2D eigenvalue weighted by Gasteiger charge is -1.99. The van der Waals surface area contributed by atoms with Crippen LogP contribution in [-0.2, 0) is 0 Å². The standard InChI is InChI=1S/C13H9ClN4O3/c14-6-3-1-5(2-4-6)9-7(12(19)20)8-10(15)17-13(16)18-11(8)21-9/h1-4H,(H,19,20)(H4,15,16,17,18). The summed E-state index contributed by atoms with van der Waals surface area (Å²) < 4.78 is 5.51. The molecular formula is C13H9ClN4O3. The fourth-order valence-corrected chi connectivity index (χ4v) is 2.18.